The Labute approximate surface area is 151 Å². The van der Waals surface area contributed by atoms with Crippen LogP contribution in [0.15, 0.2) is 35.2 Å². The second-order valence-corrected chi connectivity index (χ2v) is 6.90. The summed E-state index contributed by atoms with van der Waals surface area (Å²) in [6, 6.07) is 7.28. The van der Waals surface area contributed by atoms with Crippen LogP contribution in [0.3, 0.4) is 0 Å². The molecule has 0 radical (unpaired) electrons. The summed E-state index contributed by atoms with van der Waals surface area (Å²) in [4.78, 5) is 12.3. The number of primary sulfonamides is 1. The summed E-state index contributed by atoms with van der Waals surface area (Å²) in [5.41, 5.74) is 1.29. The first-order valence-electron chi connectivity index (χ1n) is 7.46. The van der Waals surface area contributed by atoms with Gasteiger partial charge in [0, 0.05) is 16.8 Å². The van der Waals surface area contributed by atoms with Gasteiger partial charge in [-0.2, -0.15) is 0 Å². The molecular formula is C17H20N2O6S. The van der Waals surface area contributed by atoms with E-state index < -0.39 is 15.9 Å². The van der Waals surface area contributed by atoms with Crippen LogP contribution in [0.5, 0.6) is 17.2 Å². The molecule has 2 rings (SSSR count). The van der Waals surface area contributed by atoms with E-state index in [4.69, 9.17) is 19.3 Å². The number of benzene rings is 2. The van der Waals surface area contributed by atoms with E-state index in [-0.39, 0.29) is 21.9 Å². The first-order chi connectivity index (χ1) is 12.2. The Bertz CT molecular complexity index is 915. The maximum atomic E-state index is 12.5. The molecule has 0 heterocycles. The lowest BCUT2D eigenvalue weighted by Crippen LogP contribution is -2.16. The number of methoxy groups -OCH3 is 3. The van der Waals surface area contributed by atoms with Gasteiger partial charge in [0.2, 0.25) is 10.0 Å². The summed E-state index contributed by atoms with van der Waals surface area (Å²) in [6.45, 7) is 1.81. The molecule has 0 saturated heterocycles. The van der Waals surface area contributed by atoms with Gasteiger partial charge in [0.1, 0.15) is 22.1 Å². The van der Waals surface area contributed by atoms with Gasteiger partial charge >= 0.3 is 0 Å². The number of hydrogen-bond donors (Lipinski definition) is 2. The van der Waals surface area contributed by atoms with Gasteiger partial charge in [0.25, 0.3) is 5.91 Å². The Morgan fingerprint density at radius 3 is 1.96 bits per heavy atom. The number of sulfonamides is 1. The first kappa shape index (κ1) is 19.5. The summed E-state index contributed by atoms with van der Waals surface area (Å²) in [7, 11) is 0.298. The monoisotopic (exact) mass is 380 g/mol. The molecular weight excluding hydrogens is 360 g/mol. The largest absolute Gasteiger partial charge is 0.496 e. The molecule has 0 saturated carbocycles. The number of nitrogens with two attached hydrogens (primary N) is 1. The summed E-state index contributed by atoms with van der Waals surface area (Å²) >= 11 is 0. The zero-order valence-corrected chi connectivity index (χ0v) is 15.6. The third kappa shape index (κ3) is 4.06. The third-order valence-electron chi connectivity index (χ3n) is 3.74. The van der Waals surface area contributed by atoms with E-state index in [9.17, 15) is 13.2 Å². The molecule has 9 heteroatoms. The van der Waals surface area contributed by atoms with E-state index >= 15 is 0 Å². The van der Waals surface area contributed by atoms with Crippen molar-refractivity contribution in [2.45, 2.75) is 11.8 Å². The zero-order valence-electron chi connectivity index (χ0n) is 14.8. The van der Waals surface area contributed by atoms with Crippen LogP contribution >= 0.6 is 0 Å². The van der Waals surface area contributed by atoms with Gasteiger partial charge in [0.15, 0.2) is 0 Å². The first-order valence-corrected chi connectivity index (χ1v) is 9.00. The fourth-order valence-corrected chi connectivity index (χ4v) is 3.12. The molecule has 0 aliphatic rings. The molecule has 0 aliphatic heterocycles. The van der Waals surface area contributed by atoms with E-state index in [1.165, 1.54) is 39.5 Å². The number of nitrogens with one attached hydrogen (secondary N) is 1. The molecule has 0 atom stereocenters. The lowest BCUT2D eigenvalue weighted by atomic mass is 10.1. The minimum Gasteiger partial charge on any atom is -0.496 e. The molecule has 0 aromatic heterocycles. The number of carbonyl (C=O) groups is 1. The highest BCUT2D eigenvalue weighted by atomic mass is 32.2. The number of carbonyl (C=O) groups excluding carboxylic acids is 1. The van der Waals surface area contributed by atoms with Crippen molar-refractivity contribution in [3.8, 4) is 17.2 Å². The Hall–Kier alpha value is -2.78. The zero-order chi connectivity index (χ0) is 19.5. The minimum atomic E-state index is -4.01. The van der Waals surface area contributed by atoms with Crippen molar-refractivity contribution in [3.05, 3.63) is 41.5 Å². The molecule has 26 heavy (non-hydrogen) atoms. The summed E-state index contributed by atoms with van der Waals surface area (Å²) < 4.78 is 38.8. The number of hydrogen-bond acceptors (Lipinski definition) is 6. The minimum absolute atomic E-state index is 0.0872. The van der Waals surface area contributed by atoms with Gasteiger partial charge in [-0.25, -0.2) is 13.6 Å². The molecule has 1 amide bonds. The number of ether oxygens (including phenoxy) is 3. The van der Waals surface area contributed by atoms with E-state index in [1.807, 2.05) is 0 Å². The van der Waals surface area contributed by atoms with Gasteiger partial charge in [-0.05, 0) is 37.3 Å². The SMILES string of the molecule is COc1ccc(NC(=O)c2cc(OC)c(C)c(OC)c2)cc1S(N)(=O)=O. The molecule has 0 aliphatic carbocycles. The molecule has 8 nitrogen and oxygen atoms in total. The van der Waals surface area contributed by atoms with Crippen molar-refractivity contribution in [1.82, 2.24) is 0 Å². The number of rotatable bonds is 6. The fourth-order valence-electron chi connectivity index (χ4n) is 2.40. The van der Waals surface area contributed by atoms with Crippen molar-refractivity contribution in [2.24, 2.45) is 5.14 Å². The van der Waals surface area contributed by atoms with Gasteiger partial charge in [0.05, 0.1) is 21.3 Å². The van der Waals surface area contributed by atoms with Crippen LogP contribution in [0.4, 0.5) is 5.69 Å². The van der Waals surface area contributed by atoms with Crippen LogP contribution in [-0.4, -0.2) is 35.7 Å². The summed E-state index contributed by atoms with van der Waals surface area (Å²) in [5.74, 6) is 0.611. The predicted molar refractivity (Wildman–Crippen MR) is 96.6 cm³/mol. The van der Waals surface area contributed by atoms with Crippen molar-refractivity contribution in [3.63, 3.8) is 0 Å². The lowest BCUT2D eigenvalue weighted by molar-refractivity contribution is 0.102. The Balaban J connectivity index is 2.39. The second-order valence-electron chi connectivity index (χ2n) is 5.37. The topological polar surface area (TPSA) is 117 Å². The summed E-state index contributed by atoms with van der Waals surface area (Å²) in [5, 5.41) is 7.80. The third-order valence-corrected chi connectivity index (χ3v) is 4.67. The quantitative estimate of drug-likeness (QED) is 0.791. The van der Waals surface area contributed by atoms with Crippen molar-refractivity contribution in [2.75, 3.05) is 26.6 Å². The van der Waals surface area contributed by atoms with E-state index in [1.54, 1.807) is 19.1 Å². The van der Waals surface area contributed by atoms with Gasteiger partial charge in [-0.15, -0.1) is 0 Å². The molecule has 0 spiro atoms. The normalized spacial score (nSPS) is 11.0. The maximum absolute atomic E-state index is 12.5. The van der Waals surface area contributed by atoms with Crippen molar-refractivity contribution in [1.29, 1.82) is 0 Å². The average Bonchev–Trinajstić information content (AvgIpc) is 2.61. The fraction of sp³-hybridized carbons (Fsp3) is 0.235. The van der Waals surface area contributed by atoms with Crippen LogP contribution in [0.25, 0.3) is 0 Å². The highest BCUT2D eigenvalue weighted by Crippen LogP contribution is 2.30. The van der Waals surface area contributed by atoms with E-state index in [0.29, 0.717) is 11.5 Å². The second kappa shape index (κ2) is 7.63. The van der Waals surface area contributed by atoms with Crippen molar-refractivity contribution >= 4 is 21.6 Å². The summed E-state index contributed by atoms with van der Waals surface area (Å²) in [6.07, 6.45) is 0. The van der Waals surface area contributed by atoms with Crippen LogP contribution in [0.1, 0.15) is 15.9 Å². The highest BCUT2D eigenvalue weighted by molar-refractivity contribution is 7.89. The Morgan fingerprint density at radius 2 is 1.50 bits per heavy atom. The van der Waals surface area contributed by atoms with Crippen LogP contribution in [-0.2, 0) is 10.0 Å². The van der Waals surface area contributed by atoms with Gasteiger partial charge < -0.3 is 19.5 Å². The molecule has 0 fully saturated rings. The van der Waals surface area contributed by atoms with Crippen LogP contribution in [0, 0.1) is 6.92 Å². The number of amides is 1. The lowest BCUT2D eigenvalue weighted by Gasteiger charge is -2.13. The average molecular weight is 380 g/mol. The van der Waals surface area contributed by atoms with E-state index in [2.05, 4.69) is 5.32 Å². The van der Waals surface area contributed by atoms with E-state index in [0.717, 1.165) is 5.56 Å². The maximum Gasteiger partial charge on any atom is 0.255 e. The standard InChI is InChI=1S/C17H20N2O6S/c1-10-14(24-3)7-11(8-15(10)25-4)17(20)19-12-5-6-13(23-2)16(9-12)26(18,21)22/h5-9H,1-4H3,(H,19,20)(H2,18,21,22). The Morgan fingerprint density at radius 1 is 0.962 bits per heavy atom. The van der Waals surface area contributed by atoms with Gasteiger partial charge in [-0.3, -0.25) is 4.79 Å². The molecule has 2 aromatic rings. The molecule has 0 bridgehead atoms. The molecule has 140 valence electrons. The van der Waals surface area contributed by atoms with Crippen LogP contribution in [0.2, 0.25) is 0 Å². The van der Waals surface area contributed by atoms with Crippen LogP contribution < -0.4 is 24.7 Å². The Kier molecular flexibility index (Phi) is 5.73. The smallest absolute Gasteiger partial charge is 0.255 e. The molecule has 0 unspecified atom stereocenters. The highest BCUT2D eigenvalue weighted by Gasteiger charge is 2.18. The van der Waals surface area contributed by atoms with Crippen molar-refractivity contribution < 1.29 is 27.4 Å². The number of anilines is 1. The van der Waals surface area contributed by atoms with Gasteiger partial charge in [-0.1, -0.05) is 0 Å². The molecule has 2 aromatic carbocycles. The molecule has 3 N–H and O–H groups in total. The predicted octanol–water partition coefficient (Wildman–Crippen LogP) is 1.92.